The summed E-state index contributed by atoms with van der Waals surface area (Å²) in [6.45, 7) is 3.94. The Kier molecular flexibility index (Phi) is 2.59. The molecule has 0 atom stereocenters. The maximum atomic E-state index is 12.1. The van der Waals surface area contributed by atoms with Crippen LogP contribution in [0.25, 0.3) is 0 Å². The third-order valence-electron chi connectivity index (χ3n) is 3.14. The number of rotatable bonds is 3. The number of hydrogen-bond acceptors (Lipinski definition) is 1. The molecule has 0 aliphatic heterocycles. The largest absolute Gasteiger partial charge is 0.298 e. The van der Waals surface area contributed by atoms with Crippen molar-refractivity contribution in [2.24, 2.45) is 5.92 Å². The molecule has 2 heteroatoms. The maximum absolute atomic E-state index is 12.1. The molecule has 0 amide bonds. The van der Waals surface area contributed by atoms with Gasteiger partial charge >= 0.3 is 0 Å². The van der Waals surface area contributed by atoms with Gasteiger partial charge in [-0.1, -0.05) is 37.6 Å². The van der Waals surface area contributed by atoms with Crippen molar-refractivity contribution in [1.82, 2.24) is 0 Å². The predicted octanol–water partition coefficient (Wildman–Crippen LogP) is 3.60. The van der Waals surface area contributed by atoms with E-state index < -0.39 is 0 Å². The lowest BCUT2D eigenvalue weighted by atomic mass is 9.86. The number of Topliss-reactive ketones (excluding diaryl/α,β-unsaturated/α-hetero) is 1. The van der Waals surface area contributed by atoms with Gasteiger partial charge in [0.25, 0.3) is 0 Å². The zero-order valence-corrected chi connectivity index (χ0v) is 9.84. The zero-order valence-electron chi connectivity index (χ0n) is 9.09. The summed E-state index contributed by atoms with van der Waals surface area (Å²) < 4.78 is 0. The van der Waals surface area contributed by atoms with Crippen LogP contribution >= 0.6 is 11.6 Å². The molecule has 2 rings (SSSR count). The Morgan fingerprint density at radius 3 is 2.20 bits per heavy atom. The van der Waals surface area contributed by atoms with E-state index in [0.29, 0.717) is 5.78 Å². The number of halogens is 1. The van der Waals surface area contributed by atoms with Gasteiger partial charge in [0, 0.05) is 10.9 Å². The molecule has 1 nitrogen and oxygen atoms in total. The van der Waals surface area contributed by atoms with Crippen LogP contribution in [0.1, 0.15) is 32.3 Å². The number of benzene rings is 1. The quantitative estimate of drug-likeness (QED) is 0.764. The van der Waals surface area contributed by atoms with Crippen LogP contribution in [-0.4, -0.2) is 5.78 Å². The molecule has 0 spiro atoms. The molecular weight excluding hydrogens is 208 g/mol. The molecule has 80 valence electrons. The molecule has 1 aromatic rings. The number of ketones is 1. The van der Waals surface area contributed by atoms with Gasteiger partial charge in [0.1, 0.15) is 5.78 Å². The normalized spacial score (nSPS) is 17.9. The molecule has 0 radical (unpaired) electrons. The van der Waals surface area contributed by atoms with E-state index >= 15 is 0 Å². The van der Waals surface area contributed by atoms with Gasteiger partial charge in [-0.05, 0) is 30.5 Å². The summed E-state index contributed by atoms with van der Waals surface area (Å²) in [6.07, 6.45) is 1.98. The smallest absolute Gasteiger partial charge is 0.145 e. The molecule has 0 bridgehead atoms. The molecular formula is C13H15ClO. The fourth-order valence-corrected chi connectivity index (χ4v) is 2.25. The third kappa shape index (κ3) is 1.81. The summed E-state index contributed by atoms with van der Waals surface area (Å²) in [6, 6.07) is 7.69. The molecule has 0 unspecified atom stereocenters. The average molecular weight is 223 g/mol. The van der Waals surface area contributed by atoms with Crippen molar-refractivity contribution >= 4 is 17.4 Å². The Morgan fingerprint density at radius 1 is 1.27 bits per heavy atom. The first-order chi connectivity index (χ1) is 7.06. The van der Waals surface area contributed by atoms with Crippen LogP contribution in [-0.2, 0) is 10.2 Å². The van der Waals surface area contributed by atoms with Crippen molar-refractivity contribution in [3.63, 3.8) is 0 Å². The molecule has 0 saturated heterocycles. The fourth-order valence-electron chi connectivity index (χ4n) is 2.12. The summed E-state index contributed by atoms with van der Waals surface area (Å²) in [7, 11) is 0. The number of carbonyl (C=O) groups excluding carboxylic acids is 1. The average Bonchev–Trinajstić information content (AvgIpc) is 2.99. The first-order valence-corrected chi connectivity index (χ1v) is 5.74. The minimum atomic E-state index is -0.182. The minimum Gasteiger partial charge on any atom is -0.298 e. The monoisotopic (exact) mass is 222 g/mol. The van der Waals surface area contributed by atoms with E-state index in [4.69, 9.17) is 11.6 Å². The second-order valence-corrected chi connectivity index (χ2v) is 5.04. The van der Waals surface area contributed by atoms with Crippen LogP contribution in [0, 0.1) is 5.92 Å². The topological polar surface area (TPSA) is 17.1 Å². The summed E-state index contributed by atoms with van der Waals surface area (Å²) in [5, 5.41) is 0.728. The van der Waals surface area contributed by atoms with Gasteiger partial charge < -0.3 is 0 Å². The third-order valence-corrected chi connectivity index (χ3v) is 3.39. The molecule has 1 saturated carbocycles. The summed E-state index contributed by atoms with van der Waals surface area (Å²) in [5.41, 5.74) is 0.948. The van der Waals surface area contributed by atoms with E-state index in [9.17, 15) is 4.79 Å². The Morgan fingerprint density at radius 2 is 1.80 bits per heavy atom. The van der Waals surface area contributed by atoms with Crippen LogP contribution < -0.4 is 0 Å². The highest BCUT2D eigenvalue weighted by Gasteiger charge is 2.51. The van der Waals surface area contributed by atoms with Gasteiger partial charge in [-0.3, -0.25) is 4.79 Å². The first-order valence-electron chi connectivity index (χ1n) is 5.36. The van der Waals surface area contributed by atoms with Crippen molar-refractivity contribution < 1.29 is 4.79 Å². The Balaban J connectivity index is 2.30. The summed E-state index contributed by atoms with van der Waals surface area (Å²) in [4.78, 5) is 12.1. The molecule has 1 aliphatic carbocycles. The van der Waals surface area contributed by atoms with Gasteiger partial charge in [0.2, 0.25) is 0 Å². The molecule has 0 aromatic heterocycles. The van der Waals surface area contributed by atoms with Gasteiger partial charge in [0.05, 0.1) is 5.41 Å². The van der Waals surface area contributed by atoms with Crippen molar-refractivity contribution in [3.8, 4) is 0 Å². The van der Waals surface area contributed by atoms with Crippen molar-refractivity contribution in [1.29, 1.82) is 0 Å². The Bertz CT molecular complexity index is 374. The second kappa shape index (κ2) is 3.64. The highest BCUT2D eigenvalue weighted by molar-refractivity contribution is 6.30. The lowest BCUT2D eigenvalue weighted by Crippen LogP contribution is -2.25. The van der Waals surface area contributed by atoms with E-state index in [2.05, 4.69) is 0 Å². The van der Waals surface area contributed by atoms with E-state index in [1.54, 1.807) is 0 Å². The lowest BCUT2D eigenvalue weighted by Gasteiger charge is -2.16. The highest BCUT2D eigenvalue weighted by Crippen LogP contribution is 2.50. The maximum Gasteiger partial charge on any atom is 0.145 e. The molecule has 0 heterocycles. The lowest BCUT2D eigenvalue weighted by molar-refractivity contribution is -0.124. The van der Waals surface area contributed by atoms with Crippen molar-refractivity contribution in [2.45, 2.75) is 32.1 Å². The first kappa shape index (κ1) is 10.7. The van der Waals surface area contributed by atoms with Gasteiger partial charge in [0.15, 0.2) is 0 Å². The molecule has 0 N–H and O–H groups in total. The predicted molar refractivity (Wildman–Crippen MR) is 62.2 cm³/mol. The van der Waals surface area contributed by atoms with Crippen LogP contribution in [0.2, 0.25) is 5.02 Å². The minimum absolute atomic E-state index is 0.114. The summed E-state index contributed by atoms with van der Waals surface area (Å²) in [5.74, 6) is 0.480. The summed E-state index contributed by atoms with van der Waals surface area (Å²) >= 11 is 5.84. The van der Waals surface area contributed by atoms with Crippen LogP contribution in [0.15, 0.2) is 24.3 Å². The highest BCUT2D eigenvalue weighted by atomic mass is 35.5. The van der Waals surface area contributed by atoms with Crippen molar-refractivity contribution in [3.05, 3.63) is 34.9 Å². The number of carbonyl (C=O) groups is 1. The van der Waals surface area contributed by atoms with E-state index in [-0.39, 0.29) is 11.3 Å². The van der Waals surface area contributed by atoms with Crippen LogP contribution in [0.5, 0.6) is 0 Å². The van der Waals surface area contributed by atoms with E-state index in [0.717, 1.165) is 23.4 Å². The van der Waals surface area contributed by atoms with E-state index in [1.807, 2.05) is 38.1 Å². The van der Waals surface area contributed by atoms with Gasteiger partial charge in [-0.2, -0.15) is 0 Å². The van der Waals surface area contributed by atoms with E-state index in [1.165, 1.54) is 0 Å². The molecule has 15 heavy (non-hydrogen) atoms. The molecule has 1 aromatic carbocycles. The second-order valence-electron chi connectivity index (χ2n) is 4.61. The zero-order chi connectivity index (χ0) is 11.1. The molecule has 1 aliphatic rings. The van der Waals surface area contributed by atoms with Crippen molar-refractivity contribution in [2.75, 3.05) is 0 Å². The molecule has 1 fully saturated rings. The van der Waals surface area contributed by atoms with Crippen LogP contribution in [0.4, 0.5) is 0 Å². The number of hydrogen-bond donors (Lipinski definition) is 0. The van der Waals surface area contributed by atoms with Gasteiger partial charge in [-0.25, -0.2) is 0 Å². The Labute approximate surface area is 95.4 Å². The SMILES string of the molecule is CC(C)C(=O)C1(c2ccc(Cl)cc2)CC1. The Hall–Kier alpha value is -0.820. The van der Waals surface area contributed by atoms with Crippen LogP contribution in [0.3, 0.4) is 0 Å². The van der Waals surface area contributed by atoms with Gasteiger partial charge in [-0.15, -0.1) is 0 Å². The standard InChI is InChI=1S/C13H15ClO/c1-9(2)12(15)13(7-8-13)10-3-5-11(14)6-4-10/h3-6,9H,7-8H2,1-2H3. The fraction of sp³-hybridized carbons (Fsp3) is 0.462.